The van der Waals surface area contributed by atoms with E-state index >= 15 is 0 Å². The maximum atomic E-state index is 11.0. The maximum Gasteiger partial charge on any atom is 0.307 e. The predicted octanol–water partition coefficient (Wildman–Crippen LogP) is 1.61. The van der Waals surface area contributed by atoms with Crippen LogP contribution in [-0.2, 0) is 4.79 Å². The third-order valence-electron chi connectivity index (χ3n) is 3.21. The van der Waals surface area contributed by atoms with Crippen molar-refractivity contribution in [3.63, 3.8) is 0 Å². The molecule has 1 fully saturated rings. The van der Waals surface area contributed by atoms with Gasteiger partial charge in [0.2, 0.25) is 0 Å². The van der Waals surface area contributed by atoms with Gasteiger partial charge in [-0.05, 0) is 12.3 Å². The molecule has 0 unspecified atom stereocenters. The van der Waals surface area contributed by atoms with Crippen molar-refractivity contribution in [2.75, 3.05) is 0 Å². The molecule has 0 radical (unpaired) electrons. The van der Waals surface area contributed by atoms with E-state index in [2.05, 4.69) is 9.97 Å². The van der Waals surface area contributed by atoms with Crippen molar-refractivity contribution in [1.29, 1.82) is 0 Å². The van der Waals surface area contributed by atoms with Crippen LogP contribution in [0.3, 0.4) is 0 Å². The van der Waals surface area contributed by atoms with Crippen LogP contribution in [0.4, 0.5) is 0 Å². The first-order valence-corrected chi connectivity index (χ1v) is 4.96. The van der Waals surface area contributed by atoms with Crippen LogP contribution in [-0.4, -0.2) is 21.0 Å². The molecule has 1 aliphatic carbocycles. The van der Waals surface area contributed by atoms with Crippen molar-refractivity contribution in [3.8, 4) is 0 Å². The average Bonchev–Trinajstić information content (AvgIpc) is 2.70. The van der Waals surface area contributed by atoms with Gasteiger partial charge in [-0.25, -0.2) is 0 Å². The highest BCUT2D eigenvalue weighted by Gasteiger charge is 2.63. The number of nitrogens with zero attached hydrogens (tertiary/aromatic N) is 2. The van der Waals surface area contributed by atoms with E-state index in [9.17, 15) is 4.79 Å². The summed E-state index contributed by atoms with van der Waals surface area (Å²) in [6.45, 7) is 5.78. The van der Waals surface area contributed by atoms with Crippen molar-refractivity contribution < 1.29 is 9.90 Å². The van der Waals surface area contributed by atoms with Crippen LogP contribution in [0.15, 0.2) is 12.4 Å². The van der Waals surface area contributed by atoms with E-state index < -0.39 is 5.97 Å². The van der Waals surface area contributed by atoms with Crippen LogP contribution in [0.2, 0.25) is 0 Å². The first-order valence-electron chi connectivity index (χ1n) is 4.96. The number of aryl methyl sites for hydroxylation is 1. The zero-order chi connectivity index (χ0) is 11.2. The van der Waals surface area contributed by atoms with Gasteiger partial charge >= 0.3 is 5.97 Å². The smallest absolute Gasteiger partial charge is 0.307 e. The van der Waals surface area contributed by atoms with Crippen molar-refractivity contribution in [3.05, 3.63) is 23.8 Å². The Morgan fingerprint density at radius 3 is 2.47 bits per heavy atom. The summed E-state index contributed by atoms with van der Waals surface area (Å²) in [5, 5.41) is 9.03. The van der Waals surface area contributed by atoms with E-state index in [1.54, 1.807) is 12.4 Å². The van der Waals surface area contributed by atoms with E-state index in [1.807, 2.05) is 20.8 Å². The average molecular weight is 206 g/mol. The molecule has 1 N–H and O–H groups in total. The van der Waals surface area contributed by atoms with Crippen LogP contribution in [0.25, 0.3) is 0 Å². The number of hydrogen-bond acceptors (Lipinski definition) is 3. The minimum Gasteiger partial charge on any atom is -0.481 e. The second-order valence-corrected chi connectivity index (χ2v) is 4.70. The quantitative estimate of drug-likeness (QED) is 0.798. The number of aliphatic carboxylic acids is 1. The molecule has 0 amide bonds. The SMILES string of the molecule is Cc1cnc([C@@H]2[C@@H](C(=O)O)C2(C)C)cn1. The second-order valence-electron chi connectivity index (χ2n) is 4.70. The van der Waals surface area contributed by atoms with Crippen LogP contribution in [0.5, 0.6) is 0 Å². The lowest BCUT2D eigenvalue weighted by Crippen LogP contribution is -2.03. The topological polar surface area (TPSA) is 63.1 Å². The van der Waals surface area contributed by atoms with Gasteiger partial charge in [0.25, 0.3) is 0 Å². The van der Waals surface area contributed by atoms with Gasteiger partial charge in [0, 0.05) is 18.3 Å². The van der Waals surface area contributed by atoms with Crippen molar-refractivity contribution in [2.45, 2.75) is 26.7 Å². The molecule has 0 bridgehead atoms. The maximum absolute atomic E-state index is 11.0. The Labute approximate surface area is 88.4 Å². The van der Waals surface area contributed by atoms with E-state index in [-0.39, 0.29) is 17.3 Å². The number of rotatable bonds is 2. The standard InChI is InChI=1S/C11H14N2O2/c1-6-4-13-7(5-12-6)8-9(10(14)15)11(8,2)3/h4-5,8-9H,1-3H3,(H,14,15)/t8-,9+/m1/s1. The molecule has 0 spiro atoms. The summed E-state index contributed by atoms with van der Waals surface area (Å²) in [5.74, 6) is -1.06. The molecule has 2 atom stereocenters. The molecule has 0 aromatic carbocycles. The molecule has 1 aromatic rings. The highest BCUT2D eigenvalue weighted by atomic mass is 16.4. The Morgan fingerprint density at radius 1 is 1.40 bits per heavy atom. The molecule has 0 aliphatic heterocycles. The van der Waals surface area contributed by atoms with Gasteiger partial charge < -0.3 is 5.11 Å². The van der Waals surface area contributed by atoms with Gasteiger partial charge in [0.1, 0.15) is 0 Å². The lowest BCUT2D eigenvalue weighted by Gasteiger charge is -2.01. The largest absolute Gasteiger partial charge is 0.481 e. The van der Waals surface area contributed by atoms with E-state index in [0.717, 1.165) is 11.4 Å². The summed E-state index contributed by atoms with van der Waals surface area (Å²) in [6.07, 6.45) is 3.37. The van der Waals surface area contributed by atoms with Gasteiger partial charge in [-0.3, -0.25) is 14.8 Å². The predicted molar refractivity (Wildman–Crippen MR) is 54.4 cm³/mol. The van der Waals surface area contributed by atoms with Crippen LogP contribution < -0.4 is 0 Å². The number of aromatic nitrogens is 2. The Balaban J connectivity index is 2.27. The first kappa shape index (κ1) is 10.1. The highest BCUT2D eigenvalue weighted by molar-refractivity contribution is 5.77. The third-order valence-corrected chi connectivity index (χ3v) is 3.21. The minimum atomic E-state index is -0.743. The number of carbonyl (C=O) groups is 1. The molecule has 4 heteroatoms. The second kappa shape index (κ2) is 3.02. The summed E-state index contributed by atoms with van der Waals surface area (Å²) < 4.78 is 0. The summed E-state index contributed by atoms with van der Waals surface area (Å²) in [7, 11) is 0. The summed E-state index contributed by atoms with van der Waals surface area (Å²) in [6, 6.07) is 0. The van der Waals surface area contributed by atoms with Gasteiger partial charge in [0.05, 0.1) is 17.3 Å². The summed E-state index contributed by atoms with van der Waals surface area (Å²) in [4.78, 5) is 19.4. The number of carboxylic acid groups (broad SMARTS) is 1. The molecule has 0 saturated heterocycles. The zero-order valence-corrected chi connectivity index (χ0v) is 9.06. The molecule has 1 aliphatic rings. The molecule has 1 aromatic heterocycles. The number of hydrogen-bond donors (Lipinski definition) is 1. The lowest BCUT2D eigenvalue weighted by atomic mass is 10.1. The van der Waals surface area contributed by atoms with Crippen molar-refractivity contribution >= 4 is 5.97 Å². The Morgan fingerprint density at radius 2 is 2.07 bits per heavy atom. The molecular formula is C11H14N2O2. The van der Waals surface area contributed by atoms with Gasteiger partial charge in [-0.2, -0.15) is 0 Å². The van der Waals surface area contributed by atoms with E-state index in [4.69, 9.17) is 5.11 Å². The fraction of sp³-hybridized carbons (Fsp3) is 0.545. The molecule has 1 saturated carbocycles. The highest BCUT2D eigenvalue weighted by Crippen LogP contribution is 2.63. The molecule has 2 rings (SSSR count). The van der Waals surface area contributed by atoms with Crippen LogP contribution >= 0.6 is 0 Å². The monoisotopic (exact) mass is 206 g/mol. The van der Waals surface area contributed by atoms with Crippen molar-refractivity contribution in [1.82, 2.24) is 9.97 Å². The number of carboxylic acids is 1. The van der Waals surface area contributed by atoms with Gasteiger partial charge in [-0.15, -0.1) is 0 Å². The van der Waals surface area contributed by atoms with Crippen molar-refractivity contribution in [2.24, 2.45) is 11.3 Å². The minimum absolute atomic E-state index is 0.00287. The van der Waals surface area contributed by atoms with Crippen LogP contribution in [0, 0.1) is 18.3 Å². The van der Waals surface area contributed by atoms with Gasteiger partial charge in [0.15, 0.2) is 0 Å². The lowest BCUT2D eigenvalue weighted by molar-refractivity contribution is -0.139. The Hall–Kier alpha value is -1.45. The van der Waals surface area contributed by atoms with Gasteiger partial charge in [-0.1, -0.05) is 13.8 Å². The fourth-order valence-corrected chi connectivity index (χ4v) is 2.21. The first-order chi connectivity index (χ1) is 6.94. The summed E-state index contributed by atoms with van der Waals surface area (Å²) in [5.41, 5.74) is 1.44. The Kier molecular flexibility index (Phi) is 2.03. The van der Waals surface area contributed by atoms with Crippen LogP contribution in [0.1, 0.15) is 31.2 Å². The fourth-order valence-electron chi connectivity index (χ4n) is 2.21. The molecule has 4 nitrogen and oxygen atoms in total. The third kappa shape index (κ3) is 1.50. The molecular weight excluding hydrogens is 192 g/mol. The normalized spacial score (nSPS) is 27.4. The molecule has 1 heterocycles. The molecule has 15 heavy (non-hydrogen) atoms. The Bertz CT molecular complexity index is 398. The zero-order valence-electron chi connectivity index (χ0n) is 9.06. The van der Waals surface area contributed by atoms with E-state index in [0.29, 0.717) is 0 Å². The van der Waals surface area contributed by atoms with E-state index in [1.165, 1.54) is 0 Å². The molecule has 80 valence electrons. The summed E-state index contributed by atoms with van der Waals surface area (Å²) >= 11 is 0.